The first-order valence-electron chi connectivity index (χ1n) is 4.99. The van der Waals surface area contributed by atoms with E-state index in [-0.39, 0.29) is 11.7 Å². The molecule has 2 nitrogen and oxygen atoms in total. The van der Waals surface area contributed by atoms with E-state index in [9.17, 15) is 9.18 Å². The predicted molar refractivity (Wildman–Crippen MR) is 64.5 cm³/mol. The van der Waals surface area contributed by atoms with Gasteiger partial charge in [0.1, 0.15) is 17.9 Å². The number of hydrogen-bond donors (Lipinski definition) is 0. The van der Waals surface area contributed by atoms with E-state index in [0.29, 0.717) is 22.2 Å². The van der Waals surface area contributed by atoms with Gasteiger partial charge in [0.25, 0.3) is 0 Å². The Kier molecular flexibility index (Phi) is 4.47. The van der Waals surface area contributed by atoms with Gasteiger partial charge in [0.15, 0.2) is 0 Å². The van der Waals surface area contributed by atoms with Gasteiger partial charge in [0.2, 0.25) is 0 Å². The van der Waals surface area contributed by atoms with Crippen LogP contribution < -0.4 is 4.74 Å². The van der Waals surface area contributed by atoms with Gasteiger partial charge in [0, 0.05) is 12.0 Å². The molecule has 1 aromatic rings. The Bertz CT molecular complexity index is 404. The summed E-state index contributed by atoms with van der Waals surface area (Å²) in [6, 6.07) is 1.42. The largest absolute Gasteiger partial charge is 0.496 e. The van der Waals surface area contributed by atoms with E-state index in [4.69, 9.17) is 4.74 Å². The summed E-state index contributed by atoms with van der Waals surface area (Å²) in [5, 5.41) is 0. The third-order valence-electron chi connectivity index (χ3n) is 2.54. The predicted octanol–water partition coefficient (Wildman–Crippen LogP) is 3.60. The van der Waals surface area contributed by atoms with Gasteiger partial charge < -0.3 is 9.53 Å². The second kappa shape index (κ2) is 5.43. The zero-order valence-corrected chi connectivity index (χ0v) is 11.1. The van der Waals surface area contributed by atoms with Crippen molar-refractivity contribution in [2.75, 3.05) is 7.11 Å². The first kappa shape index (κ1) is 13.2. The highest BCUT2D eigenvalue weighted by Crippen LogP contribution is 2.38. The highest BCUT2D eigenvalue weighted by Gasteiger charge is 2.20. The van der Waals surface area contributed by atoms with Gasteiger partial charge in [0.05, 0.1) is 11.6 Å². The van der Waals surface area contributed by atoms with Gasteiger partial charge in [-0.25, -0.2) is 4.39 Å². The quantitative estimate of drug-likeness (QED) is 0.792. The van der Waals surface area contributed by atoms with Crippen molar-refractivity contribution in [1.82, 2.24) is 0 Å². The normalized spacial score (nSPS) is 12.3. The van der Waals surface area contributed by atoms with Crippen LogP contribution in [0.5, 0.6) is 5.75 Å². The molecule has 1 unspecified atom stereocenters. The Morgan fingerprint density at radius 1 is 1.62 bits per heavy atom. The SMILES string of the molecule is COc1c(C)cc(F)c(Br)c1C(C)CC=O. The minimum atomic E-state index is -0.328. The average molecular weight is 289 g/mol. The van der Waals surface area contributed by atoms with Crippen LogP contribution in [0.2, 0.25) is 0 Å². The third-order valence-corrected chi connectivity index (χ3v) is 3.34. The van der Waals surface area contributed by atoms with E-state index in [1.807, 2.05) is 6.92 Å². The fourth-order valence-electron chi connectivity index (χ4n) is 1.73. The van der Waals surface area contributed by atoms with Crippen molar-refractivity contribution in [3.05, 3.63) is 27.5 Å². The van der Waals surface area contributed by atoms with Gasteiger partial charge in [-0.3, -0.25) is 0 Å². The topological polar surface area (TPSA) is 26.3 Å². The first-order chi connectivity index (χ1) is 7.52. The summed E-state index contributed by atoms with van der Waals surface area (Å²) in [6.45, 7) is 3.65. The molecule has 1 rings (SSSR count). The highest BCUT2D eigenvalue weighted by atomic mass is 79.9. The molecule has 0 fully saturated rings. The molecule has 1 aromatic carbocycles. The van der Waals surface area contributed by atoms with Crippen LogP contribution in [0.15, 0.2) is 10.5 Å². The number of methoxy groups -OCH3 is 1. The second-order valence-electron chi connectivity index (χ2n) is 3.74. The van der Waals surface area contributed by atoms with Crippen molar-refractivity contribution in [2.24, 2.45) is 0 Å². The van der Waals surface area contributed by atoms with Gasteiger partial charge in [-0.05, 0) is 40.4 Å². The molecule has 0 aromatic heterocycles. The number of ether oxygens (including phenoxy) is 1. The van der Waals surface area contributed by atoms with Crippen LogP contribution >= 0.6 is 15.9 Å². The van der Waals surface area contributed by atoms with Crippen LogP contribution in [0.4, 0.5) is 4.39 Å². The van der Waals surface area contributed by atoms with E-state index >= 15 is 0 Å². The lowest BCUT2D eigenvalue weighted by molar-refractivity contribution is -0.108. The maximum atomic E-state index is 13.6. The summed E-state index contributed by atoms with van der Waals surface area (Å²) in [6.07, 6.45) is 1.18. The highest BCUT2D eigenvalue weighted by molar-refractivity contribution is 9.10. The summed E-state index contributed by atoms with van der Waals surface area (Å²) in [7, 11) is 1.55. The molecular weight excluding hydrogens is 275 g/mol. The number of rotatable bonds is 4. The number of halogens is 2. The maximum absolute atomic E-state index is 13.6. The molecule has 0 heterocycles. The Labute approximate surface area is 103 Å². The number of carbonyl (C=O) groups is 1. The number of benzene rings is 1. The van der Waals surface area contributed by atoms with Crippen molar-refractivity contribution in [3.63, 3.8) is 0 Å². The van der Waals surface area contributed by atoms with E-state index in [1.165, 1.54) is 6.07 Å². The molecule has 88 valence electrons. The minimum Gasteiger partial charge on any atom is -0.496 e. The van der Waals surface area contributed by atoms with Crippen LogP contribution in [0.25, 0.3) is 0 Å². The summed E-state index contributed by atoms with van der Waals surface area (Å²) in [5.74, 6) is 0.241. The van der Waals surface area contributed by atoms with Gasteiger partial charge in [-0.15, -0.1) is 0 Å². The van der Waals surface area contributed by atoms with Crippen molar-refractivity contribution in [1.29, 1.82) is 0 Å². The molecule has 4 heteroatoms. The van der Waals surface area contributed by atoms with Crippen molar-refractivity contribution in [3.8, 4) is 5.75 Å². The van der Waals surface area contributed by atoms with Crippen molar-refractivity contribution in [2.45, 2.75) is 26.2 Å². The molecule has 0 aliphatic heterocycles. The standard InChI is InChI=1S/C12H14BrFO2/c1-7(4-5-15)10-11(13)9(14)6-8(2)12(10)16-3/h5-7H,4H2,1-3H3. The fraction of sp³-hybridized carbons (Fsp3) is 0.417. The summed E-state index contributed by atoms with van der Waals surface area (Å²) in [5.41, 5.74) is 1.45. The van der Waals surface area contributed by atoms with Gasteiger partial charge in [-0.1, -0.05) is 6.92 Å². The monoisotopic (exact) mass is 288 g/mol. The molecule has 16 heavy (non-hydrogen) atoms. The zero-order chi connectivity index (χ0) is 12.3. The molecule has 0 radical (unpaired) electrons. The lowest BCUT2D eigenvalue weighted by Crippen LogP contribution is -2.03. The number of aryl methyl sites for hydroxylation is 1. The minimum absolute atomic E-state index is 0.0729. The van der Waals surface area contributed by atoms with Crippen LogP contribution in [0.3, 0.4) is 0 Å². The molecule has 1 atom stereocenters. The maximum Gasteiger partial charge on any atom is 0.138 e. The molecule has 0 saturated heterocycles. The van der Waals surface area contributed by atoms with Crippen LogP contribution in [-0.2, 0) is 4.79 Å². The molecule has 0 aliphatic rings. The number of hydrogen-bond acceptors (Lipinski definition) is 2. The average Bonchev–Trinajstić information content (AvgIpc) is 2.23. The summed E-state index contributed by atoms with van der Waals surface area (Å²) in [4.78, 5) is 10.5. The van der Waals surface area contributed by atoms with Crippen molar-refractivity contribution < 1.29 is 13.9 Å². The second-order valence-corrected chi connectivity index (χ2v) is 4.53. The van der Waals surface area contributed by atoms with Gasteiger partial charge >= 0.3 is 0 Å². The van der Waals surface area contributed by atoms with Crippen molar-refractivity contribution >= 4 is 22.2 Å². The smallest absolute Gasteiger partial charge is 0.138 e. The fourth-order valence-corrected chi connectivity index (χ4v) is 2.42. The zero-order valence-electron chi connectivity index (χ0n) is 9.51. The van der Waals surface area contributed by atoms with E-state index in [1.54, 1.807) is 14.0 Å². The van der Waals surface area contributed by atoms with E-state index < -0.39 is 0 Å². The lowest BCUT2D eigenvalue weighted by Gasteiger charge is -2.18. The number of carbonyl (C=O) groups excluding carboxylic acids is 1. The molecule has 0 spiro atoms. The Hall–Kier alpha value is -0.900. The van der Waals surface area contributed by atoms with E-state index in [0.717, 1.165) is 11.8 Å². The number of aldehydes is 1. The van der Waals surface area contributed by atoms with Crippen LogP contribution in [0.1, 0.15) is 30.4 Å². The molecule has 0 bridgehead atoms. The van der Waals surface area contributed by atoms with Crippen LogP contribution in [-0.4, -0.2) is 13.4 Å². The summed E-state index contributed by atoms with van der Waals surface area (Å²) >= 11 is 3.21. The molecule has 0 aliphatic carbocycles. The Balaban J connectivity index is 3.37. The third kappa shape index (κ3) is 2.43. The molecule has 0 amide bonds. The Morgan fingerprint density at radius 3 is 2.75 bits per heavy atom. The lowest BCUT2D eigenvalue weighted by atomic mass is 9.95. The molecule has 0 saturated carbocycles. The van der Waals surface area contributed by atoms with E-state index in [2.05, 4.69) is 15.9 Å². The Morgan fingerprint density at radius 2 is 2.25 bits per heavy atom. The molecular formula is C12H14BrFO2. The first-order valence-corrected chi connectivity index (χ1v) is 5.78. The van der Waals surface area contributed by atoms with Gasteiger partial charge in [-0.2, -0.15) is 0 Å². The van der Waals surface area contributed by atoms with Crippen LogP contribution in [0, 0.1) is 12.7 Å². The molecule has 0 N–H and O–H groups in total. The summed E-state index contributed by atoms with van der Waals surface area (Å²) < 4.78 is 19.2.